The molecule has 3 aliphatic rings. The standard InChI is InChI=1S/C29H30O6S/c1-28(2)14-21(30)26-23(16-28)34-24-17-29(3,4)15-22(31)27(24)25(26)18-10-12-19(13-11-18)35-36(32,33)20-8-6-5-7-9-20/h5-13,25H,14-17H2,1-4H3. The van der Waals surface area contributed by atoms with E-state index in [0.29, 0.717) is 48.3 Å². The highest BCUT2D eigenvalue weighted by atomic mass is 32.2. The van der Waals surface area contributed by atoms with E-state index in [1.165, 1.54) is 12.1 Å². The molecule has 2 aromatic rings. The van der Waals surface area contributed by atoms with Gasteiger partial charge in [0.15, 0.2) is 11.6 Å². The average Bonchev–Trinajstić information content (AvgIpc) is 2.77. The van der Waals surface area contributed by atoms with Crippen molar-refractivity contribution in [2.24, 2.45) is 10.8 Å². The molecule has 2 aromatic carbocycles. The van der Waals surface area contributed by atoms with Crippen LogP contribution in [0.1, 0.15) is 64.9 Å². The van der Waals surface area contributed by atoms with Gasteiger partial charge in [0.1, 0.15) is 22.2 Å². The molecular formula is C29H30O6S. The molecule has 0 N–H and O–H groups in total. The van der Waals surface area contributed by atoms with E-state index in [1.54, 1.807) is 42.5 Å². The van der Waals surface area contributed by atoms with Crippen LogP contribution in [0.5, 0.6) is 5.75 Å². The summed E-state index contributed by atoms with van der Waals surface area (Å²) in [7, 11) is -3.98. The fraction of sp³-hybridized carbons (Fsp3) is 0.379. The zero-order valence-electron chi connectivity index (χ0n) is 21.0. The molecule has 0 unspecified atom stereocenters. The summed E-state index contributed by atoms with van der Waals surface area (Å²) in [6, 6.07) is 14.6. The Kier molecular flexibility index (Phi) is 5.75. The van der Waals surface area contributed by atoms with Crippen molar-refractivity contribution < 1.29 is 26.9 Å². The first-order chi connectivity index (χ1) is 16.9. The summed E-state index contributed by atoms with van der Waals surface area (Å²) in [5.41, 5.74) is 1.38. The molecule has 7 heteroatoms. The van der Waals surface area contributed by atoms with Crippen LogP contribution in [0, 0.1) is 10.8 Å². The van der Waals surface area contributed by atoms with Gasteiger partial charge in [-0.25, -0.2) is 0 Å². The minimum absolute atomic E-state index is 0.0117. The van der Waals surface area contributed by atoms with Gasteiger partial charge < -0.3 is 8.92 Å². The highest BCUT2D eigenvalue weighted by Crippen LogP contribution is 2.53. The van der Waals surface area contributed by atoms with E-state index >= 15 is 0 Å². The number of Topliss-reactive ketones (excluding diaryl/α,β-unsaturated/α-hetero) is 2. The summed E-state index contributed by atoms with van der Waals surface area (Å²) < 4.78 is 36.9. The molecule has 6 nitrogen and oxygen atoms in total. The van der Waals surface area contributed by atoms with Gasteiger partial charge in [-0.3, -0.25) is 9.59 Å². The van der Waals surface area contributed by atoms with Crippen LogP contribution in [0.25, 0.3) is 0 Å². The molecule has 5 rings (SSSR count). The number of allylic oxidation sites excluding steroid dienone is 4. The number of carbonyl (C=O) groups excluding carboxylic acids is 2. The molecule has 0 spiro atoms. The van der Waals surface area contributed by atoms with Crippen LogP contribution in [-0.4, -0.2) is 20.0 Å². The Bertz CT molecular complexity index is 1360. The fourth-order valence-electron chi connectivity index (χ4n) is 5.49. The molecule has 0 fully saturated rings. The van der Waals surface area contributed by atoms with Crippen molar-refractivity contribution in [2.45, 2.75) is 64.2 Å². The summed E-state index contributed by atoms with van der Waals surface area (Å²) in [6.07, 6.45) is 1.99. The van der Waals surface area contributed by atoms with Crippen molar-refractivity contribution in [1.82, 2.24) is 0 Å². The third-order valence-electron chi connectivity index (χ3n) is 7.03. The molecule has 2 aliphatic carbocycles. The van der Waals surface area contributed by atoms with Gasteiger partial charge in [-0.1, -0.05) is 58.0 Å². The second kappa shape index (κ2) is 8.44. The zero-order valence-corrected chi connectivity index (χ0v) is 21.8. The SMILES string of the molecule is CC1(C)CC(=O)C2=C(C1)OC1=C(C(=O)CC(C)(C)C1)C2c1ccc(OS(=O)(=O)c2ccccc2)cc1. The predicted molar refractivity (Wildman–Crippen MR) is 135 cm³/mol. The lowest BCUT2D eigenvalue weighted by atomic mass is 9.65. The highest BCUT2D eigenvalue weighted by Gasteiger charge is 2.47. The molecule has 0 saturated heterocycles. The van der Waals surface area contributed by atoms with E-state index in [9.17, 15) is 18.0 Å². The second-order valence-corrected chi connectivity index (χ2v) is 13.1. The van der Waals surface area contributed by atoms with Gasteiger partial charge in [0.25, 0.3) is 0 Å². The molecule has 0 amide bonds. The molecule has 36 heavy (non-hydrogen) atoms. The number of hydrogen-bond donors (Lipinski definition) is 0. The van der Waals surface area contributed by atoms with Gasteiger partial charge in [-0.15, -0.1) is 0 Å². The van der Waals surface area contributed by atoms with Gasteiger partial charge in [-0.2, -0.15) is 8.42 Å². The van der Waals surface area contributed by atoms with Crippen LogP contribution >= 0.6 is 0 Å². The second-order valence-electron chi connectivity index (χ2n) is 11.5. The normalized spacial score (nSPS) is 21.6. The van der Waals surface area contributed by atoms with Crippen molar-refractivity contribution in [3.8, 4) is 5.75 Å². The smallest absolute Gasteiger partial charge is 0.339 e. The van der Waals surface area contributed by atoms with Crippen LogP contribution in [0.3, 0.4) is 0 Å². The van der Waals surface area contributed by atoms with Crippen LogP contribution in [0.2, 0.25) is 0 Å². The Morgan fingerprint density at radius 3 is 1.75 bits per heavy atom. The Hall–Kier alpha value is -3.19. The molecule has 0 saturated carbocycles. The van der Waals surface area contributed by atoms with Crippen molar-refractivity contribution >= 4 is 21.7 Å². The fourth-order valence-corrected chi connectivity index (χ4v) is 6.44. The molecule has 1 aliphatic heterocycles. The summed E-state index contributed by atoms with van der Waals surface area (Å²) in [5, 5.41) is 0. The molecule has 0 atom stereocenters. The minimum atomic E-state index is -3.98. The average molecular weight is 507 g/mol. The Morgan fingerprint density at radius 1 is 0.750 bits per heavy atom. The van der Waals surface area contributed by atoms with Crippen LogP contribution in [-0.2, 0) is 24.4 Å². The summed E-state index contributed by atoms with van der Waals surface area (Å²) in [5.74, 6) is 0.904. The largest absolute Gasteiger partial charge is 0.465 e. The first-order valence-electron chi connectivity index (χ1n) is 12.2. The van der Waals surface area contributed by atoms with Crippen molar-refractivity contribution in [1.29, 1.82) is 0 Å². The minimum Gasteiger partial charge on any atom is -0.465 e. The van der Waals surface area contributed by atoms with Crippen molar-refractivity contribution in [3.05, 3.63) is 82.8 Å². The highest BCUT2D eigenvalue weighted by molar-refractivity contribution is 7.87. The summed E-state index contributed by atoms with van der Waals surface area (Å²) in [4.78, 5) is 26.8. The van der Waals surface area contributed by atoms with Gasteiger partial charge >= 0.3 is 10.1 Å². The van der Waals surface area contributed by atoms with E-state index < -0.39 is 16.0 Å². The zero-order chi connectivity index (χ0) is 25.9. The van der Waals surface area contributed by atoms with Crippen molar-refractivity contribution in [3.63, 3.8) is 0 Å². The number of rotatable bonds is 4. The Labute approximate surface area is 212 Å². The van der Waals surface area contributed by atoms with E-state index in [4.69, 9.17) is 8.92 Å². The third-order valence-corrected chi connectivity index (χ3v) is 8.29. The first-order valence-corrected chi connectivity index (χ1v) is 13.6. The number of hydrogen-bond acceptors (Lipinski definition) is 6. The van der Waals surface area contributed by atoms with E-state index in [2.05, 4.69) is 0 Å². The monoisotopic (exact) mass is 506 g/mol. The van der Waals surface area contributed by atoms with E-state index in [1.807, 2.05) is 27.7 Å². The Balaban J connectivity index is 1.54. The molecule has 0 aromatic heterocycles. The van der Waals surface area contributed by atoms with Gasteiger partial charge in [0.2, 0.25) is 0 Å². The Morgan fingerprint density at radius 2 is 1.25 bits per heavy atom. The summed E-state index contributed by atoms with van der Waals surface area (Å²) >= 11 is 0. The number of benzene rings is 2. The lowest BCUT2D eigenvalue weighted by Crippen LogP contribution is -2.37. The molecule has 1 heterocycles. The third kappa shape index (κ3) is 4.52. The molecule has 188 valence electrons. The number of ether oxygens (including phenoxy) is 1. The maximum Gasteiger partial charge on any atom is 0.339 e. The van der Waals surface area contributed by atoms with Gasteiger partial charge in [0, 0.05) is 42.7 Å². The maximum absolute atomic E-state index is 13.4. The maximum atomic E-state index is 13.4. The lowest BCUT2D eigenvalue weighted by Gasteiger charge is -2.42. The molecule has 0 radical (unpaired) electrons. The van der Waals surface area contributed by atoms with E-state index in [0.717, 1.165) is 5.56 Å². The van der Waals surface area contributed by atoms with E-state index in [-0.39, 0.29) is 33.0 Å². The molecular weight excluding hydrogens is 476 g/mol. The quantitative estimate of drug-likeness (QED) is 0.483. The lowest BCUT2D eigenvalue weighted by molar-refractivity contribution is -0.120. The van der Waals surface area contributed by atoms with Gasteiger partial charge in [0.05, 0.1) is 0 Å². The van der Waals surface area contributed by atoms with Crippen LogP contribution < -0.4 is 4.18 Å². The first kappa shape index (κ1) is 24.5. The van der Waals surface area contributed by atoms with Gasteiger partial charge in [-0.05, 0) is 40.7 Å². The van der Waals surface area contributed by atoms with Crippen LogP contribution in [0.15, 0.2) is 82.2 Å². The van der Waals surface area contributed by atoms with Crippen molar-refractivity contribution in [2.75, 3.05) is 0 Å². The van der Waals surface area contributed by atoms with Crippen LogP contribution in [0.4, 0.5) is 0 Å². The number of carbonyl (C=O) groups is 2. The summed E-state index contributed by atoms with van der Waals surface area (Å²) in [6.45, 7) is 8.19. The topological polar surface area (TPSA) is 86.7 Å². The predicted octanol–water partition coefficient (Wildman–Crippen LogP) is 5.85. The number of ketones is 2. The molecule has 0 bridgehead atoms.